The lowest BCUT2D eigenvalue weighted by Crippen LogP contribution is -2.01. The van der Waals surface area contributed by atoms with Crippen molar-refractivity contribution >= 4 is 65.4 Å². The monoisotopic (exact) mass is 742 g/mol. The van der Waals surface area contributed by atoms with Gasteiger partial charge in [0.05, 0.1) is 5.56 Å². The van der Waals surface area contributed by atoms with Crippen LogP contribution in [0.5, 0.6) is 0 Å². The Hall–Kier alpha value is -7.96. The van der Waals surface area contributed by atoms with Crippen LogP contribution in [0.3, 0.4) is 0 Å². The highest BCUT2D eigenvalue weighted by Gasteiger charge is 2.25. The Kier molecular flexibility index (Phi) is 7.13. The molecule has 58 heavy (non-hydrogen) atoms. The molecule has 0 aliphatic rings. The number of para-hydroxylation sites is 1. The maximum atomic E-state index is 6.86. The van der Waals surface area contributed by atoms with E-state index in [1.165, 1.54) is 5.39 Å². The largest absolute Gasteiger partial charge is 0.456 e. The third kappa shape index (κ3) is 5.20. The fourth-order valence-corrected chi connectivity index (χ4v) is 8.37. The molecule has 6 nitrogen and oxygen atoms in total. The van der Waals surface area contributed by atoms with Gasteiger partial charge < -0.3 is 8.83 Å². The highest BCUT2D eigenvalue weighted by Crippen LogP contribution is 2.44. The van der Waals surface area contributed by atoms with Gasteiger partial charge in [0.1, 0.15) is 16.7 Å². The van der Waals surface area contributed by atoms with Crippen molar-refractivity contribution < 1.29 is 8.83 Å². The fourth-order valence-electron chi connectivity index (χ4n) is 8.37. The first-order valence-corrected chi connectivity index (χ1v) is 19.3. The summed E-state index contributed by atoms with van der Waals surface area (Å²) in [6.45, 7) is 0. The molecule has 0 saturated carbocycles. The zero-order chi connectivity index (χ0) is 38.2. The van der Waals surface area contributed by atoms with Gasteiger partial charge in [-0.1, -0.05) is 146 Å². The van der Waals surface area contributed by atoms with Crippen LogP contribution in [0, 0.1) is 0 Å². The van der Waals surface area contributed by atoms with Crippen molar-refractivity contribution in [3.8, 4) is 56.7 Å². The first-order valence-electron chi connectivity index (χ1n) is 19.3. The van der Waals surface area contributed by atoms with Crippen LogP contribution in [0.25, 0.3) is 122 Å². The second-order valence-corrected chi connectivity index (χ2v) is 14.6. The molecule has 0 aliphatic heterocycles. The summed E-state index contributed by atoms with van der Waals surface area (Å²) in [4.78, 5) is 21.1. The number of aromatic nitrogens is 4. The SMILES string of the molecule is c1ccc(-c2cccc(-c3nc(-c4cc5ccccc5c5ccccc45)nc(-c4c5oc(-c6ccc7ccccc7c6)nc5cc5oc6ccccc6c45)n3)c2)cc1. The third-order valence-electron chi connectivity index (χ3n) is 11.1. The van der Waals surface area contributed by atoms with Crippen molar-refractivity contribution in [2.75, 3.05) is 0 Å². The van der Waals surface area contributed by atoms with Crippen LogP contribution < -0.4 is 0 Å². The van der Waals surface area contributed by atoms with E-state index in [9.17, 15) is 0 Å². The quantitative estimate of drug-likeness (QED) is 0.163. The molecule has 3 aromatic heterocycles. The summed E-state index contributed by atoms with van der Waals surface area (Å²) in [7, 11) is 0. The second-order valence-electron chi connectivity index (χ2n) is 14.6. The Morgan fingerprint density at radius 2 is 1.02 bits per heavy atom. The summed E-state index contributed by atoms with van der Waals surface area (Å²) >= 11 is 0. The van der Waals surface area contributed by atoms with Gasteiger partial charge in [0.15, 0.2) is 23.1 Å². The van der Waals surface area contributed by atoms with E-state index in [1.807, 2.05) is 42.5 Å². The van der Waals surface area contributed by atoms with Crippen LogP contribution in [-0.4, -0.2) is 19.9 Å². The summed E-state index contributed by atoms with van der Waals surface area (Å²) in [5.41, 5.74) is 8.18. The number of oxazole rings is 1. The Bertz CT molecular complexity index is 3590. The number of rotatable bonds is 5. The van der Waals surface area contributed by atoms with Gasteiger partial charge in [0.2, 0.25) is 5.89 Å². The lowest BCUT2D eigenvalue weighted by atomic mass is 9.96. The van der Waals surface area contributed by atoms with Crippen molar-refractivity contribution in [2.24, 2.45) is 0 Å². The zero-order valence-electron chi connectivity index (χ0n) is 30.9. The van der Waals surface area contributed by atoms with Crippen molar-refractivity contribution in [1.82, 2.24) is 19.9 Å². The molecular formula is C52H30N4O2. The summed E-state index contributed by atoms with van der Waals surface area (Å²) < 4.78 is 13.4. The third-order valence-corrected chi connectivity index (χ3v) is 11.1. The molecular weight excluding hydrogens is 713 g/mol. The van der Waals surface area contributed by atoms with Crippen LogP contribution in [0.2, 0.25) is 0 Å². The Labute approximate surface area is 331 Å². The van der Waals surface area contributed by atoms with Crippen molar-refractivity contribution in [2.45, 2.75) is 0 Å². The summed E-state index contributed by atoms with van der Waals surface area (Å²) in [5.74, 6) is 2.07. The van der Waals surface area contributed by atoms with E-state index >= 15 is 0 Å². The van der Waals surface area contributed by atoms with Crippen molar-refractivity contribution in [3.63, 3.8) is 0 Å². The highest BCUT2D eigenvalue weighted by atomic mass is 16.4. The first-order chi connectivity index (χ1) is 28.7. The van der Waals surface area contributed by atoms with E-state index in [4.69, 9.17) is 28.8 Å². The molecule has 0 aliphatic carbocycles. The van der Waals surface area contributed by atoms with Gasteiger partial charge in [0.25, 0.3) is 0 Å². The Balaban J connectivity index is 1.17. The molecule has 0 saturated heterocycles. The van der Waals surface area contributed by atoms with E-state index < -0.39 is 0 Å². The molecule has 0 N–H and O–H groups in total. The minimum absolute atomic E-state index is 0.464. The number of fused-ring (bicyclic) bond motifs is 8. The van der Waals surface area contributed by atoms with Crippen LogP contribution in [0.1, 0.15) is 0 Å². The molecule has 0 radical (unpaired) electrons. The first kappa shape index (κ1) is 32.3. The van der Waals surface area contributed by atoms with Gasteiger partial charge in [-0.15, -0.1) is 0 Å². The number of benzene rings is 9. The van der Waals surface area contributed by atoms with Gasteiger partial charge in [0, 0.05) is 33.5 Å². The molecule has 3 heterocycles. The molecule has 270 valence electrons. The molecule has 0 spiro atoms. The lowest BCUT2D eigenvalue weighted by molar-refractivity contribution is 0.620. The Morgan fingerprint density at radius 3 is 1.90 bits per heavy atom. The lowest BCUT2D eigenvalue weighted by Gasteiger charge is -2.13. The molecule has 0 fully saturated rings. The van der Waals surface area contributed by atoms with Gasteiger partial charge in [-0.25, -0.2) is 19.9 Å². The molecule has 6 heteroatoms. The predicted octanol–water partition coefficient (Wildman–Crippen LogP) is 13.7. The average molecular weight is 743 g/mol. The van der Waals surface area contributed by atoms with E-state index in [-0.39, 0.29) is 0 Å². The molecule has 12 aromatic rings. The fraction of sp³-hybridized carbons (Fsp3) is 0. The van der Waals surface area contributed by atoms with Crippen LogP contribution >= 0.6 is 0 Å². The summed E-state index contributed by atoms with van der Waals surface area (Å²) in [5, 5.41) is 8.50. The molecule has 0 atom stereocenters. The predicted molar refractivity (Wildman–Crippen MR) is 234 cm³/mol. The maximum Gasteiger partial charge on any atom is 0.227 e. The van der Waals surface area contributed by atoms with Crippen LogP contribution in [0.15, 0.2) is 191 Å². The number of nitrogens with zero attached hydrogens (tertiary/aromatic N) is 4. The van der Waals surface area contributed by atoms with Gasteiger partial charge >= 0.3 is 0 Å². The molecule has 0 amide bonds. The molecule has 0 unspecified atom stereocenters. The zero-order valence-corrected chi connectivity index (χ0v) is 30.9. The highest BCUT2D eigenvalue weighted by molar-refractivity contribution is 6.19. The summed E-state index contributed by atoms with van der Waals surface area (Å²) in [6, 6.07) is 62.4. The average Bonchev–Trinajstić information content (AvgIpc) is 3.89. The molecule has 0 bridgehead atoms. The smallest absolute Gasteiger partial charge is 0.227 e. The van der Waals surface area contributed by atoms with Crippen molar-refractivity contribution in [3.05, 3.63) is 182 Å². The van der Waals surface area contributed by atoms with Crippen LogP contribution in [0.4, 0.5) is 0 Å². The number of hydrogen-bond donors (Lipinski definition) is 0. The van der Waals surface area contributed by atoms with E-state index in [2.05, 4.69) is 140 Å². The van der Waals surface area contributed by atoms with E-state index in [0.29, 0.717) is 45.6 Å². The number of hydrogen-bond acceptors (Lipinski definition) is 6. The van der Waals surface area contributed by atoms with Gasteiger partial charge in [-0.05, 0) is 73.8 Å². The van der Waals surface area contributed by atoms with Crippen LogP contribution in [-0.2, 0) is 0 Å². The molecule has 9 aromatic carbocycles. The topological polar surface area (TPSA) is 77.8 Å². The standard InChI is InChI=1S/C52H30N4O2/c1-2-13-31(14-3-1)34-18-12-19-36(27-34)49-54-50(42-29-35-17-6-7-20-38(35)39-21-8-9-22-40(39)42)56-51(55-49)47-46-41-23-10-11-24-44(41)57-45(46)30-43-48(47)58-52(53-43)37-26-25-32-15-4-5-16-33(32)28-37/h1-30H. The normalized spacial score (nSPS) is 11.8. The Morgan fingerprint density at radius 1 is 0.345 bits per heavy atom. The minimum atomic E-state index is 0.464. The molecule has 12 rings (SSSR count). The minimum Gasteiger partial charge on any atom is -0.456 e. The van der Waals surface area contributed by atoms with E-state index in [1.54, 1.807) is 0 Å². The van der Waals surface area contributed by atoms with Gasteiger partial charge in [-0.2, -0.15) is 0 Å². The van der Waals surface area contributed by atoms with E-state index in [0.717, 1.165) is 71.1 Å². The second kappa shape index (κ2) is 12.8. The maximum absolute atomic E-state index is 6.86. The van der Waals surface area contributed by atoms with Crippen molar-refractivity contribution in [1.29, 1.82) is 0 Å². The number of furan rings is 1. The van der Waals surface area contributed by atoms with Gasteiger partial charge in [-0.3, -0.25) is 0 Å². The summed E-state index contributed by atoms with van der Waals surface area (Å²) in [6.07, 6.45) is 0.